The summed E-state index contributed by atoms with van der Waals surface area (Å²) in [6.07, 6.45) is 0.896. The van der Waals surface area contributed by atoms with Gasteiger partial charge in [0.2, 0.25) is 0 Å². The molecule has 1 amide bonds. The Balaban J connectivity index is 1.39. The van der Waals surface area contributed by atoms with Crippen molar-refractivity contribution in [1.82, 2.24) is 15.5 Å². The average Bonchev–Trinajstić information content (AvgIpc) is 3.35. The molecule has 0 radical (unpaired) electrons. The summed E-state index contributed by atoms with van der Waals surface area (Å²) in [5.41, 5.74) is 1.61. The van der Waals surface area contributed by atoms with E-state index < -0.39 is 0 Å². The third-order valence-corrected chi connectivity index (χ3v) is 5.42. The molecule has 1 atom stereocenters. The maximum absolute atomic E-state index is 12.3. The van der Waals surface area contributed by atoms with Crippen molar-refractivity contribution in [3.8, 4) is 10.6 Å². The Morgan fingerprint density at radius 2 is 2.24 bits per heavy atom. The molecule has 1 fully saturated rings. The predicted octanol–water partition coefficient (Wildman–Crippen LogP) is 3.80. The number of rotatable bonds is 4. The van der Waals surface area contributed by atoms with Gasteiger partial charge in [0.25, 0.3) is 5.91 Å². The summed E-state index contributed by atoms with van der Waals surface area (Å²) in [5, 5.41) is 13.2. The molecule has 1 unspecified atom stereocenters. The van der Waals surface area contributed by atoms with Gasteiger partial charge in [-0.05, 0) is 36.1 Å². The van der Waals surface area contributed by atoms with Crippen LogP contribution in [0.15, 0.2) is 47.8 Å². The lowest BCUT2D eigenvalue weighted by atomic mass is 10.2. The number of carbonyl (C=O) groups is 1. The molecule has 0 spiro atoms. The molecule has 7 heteroatoms. The maximum Gasteiger partial charge on any atom is 0.251 e. The van der Waals surface area contributed by atoms with E-state index in [1.165, 1.54) is 4.88 Å². The predicted molar refractivity (Wildman–Crippen MR) is 101 cm³/mol. The largest absolute Gasteiger partial charge is 0.353 e. The Morgan fingerprint density at radius 1 is 1.32 bits per heavy atom. The molecular weight excluding hydrogens is 356 g/mol. The molecule has 0 bridgehead atoms. The van der Waals surface area contributed by atoms with Crippen molar-refractivity contribution >= 4 is 34.7 Å². The molecule has 0 aliphatic carbocycles. The first kappa shape index (κ1) is 16.2. The van der Waals surface area contributed by atoms with Crippen LogP contribution in [-0.2, 0) is 0 Å². The summed E-state index contributed by atoms with van der Waals surface area (Å²) in [6.45, 7) is 1.62. The number of anilines is 1. The summed E-state index contributed by atoms with van der Waals surface area (Å²) >= 11 is 7.64. The number of amides is 1. The van der Waals surface area contributed by atoms with Crippen LogP contribution in [0.4, 0.5) is 5.82 Å². The van der Waals surface area contributed by atoms with Gasteiger partial charge in [-0.1, -0.05) is 23.7 Å². The van der Waals surface area contributed by atoms with Gasteiger partial charge in [-0.25, -0.2) is 0 Å². The Hall–Kier alpha value is -2.31. The van der Waals surface area contributed by atoms with Crippen LogP contribution >= 0.6 is 22.9 Å². The van der Waals surface area contributed by atoms with E-state index in [1.807, 2.05) is 11.4 Å². The fourth-order valence-corrected chi connectivity index (χ4v) is 3.90. The number of aromatic nitrogens is 2. The highest BCUT2D eigenvalue weighted by Crippen LogP contribution is 2.27. The molecule has 2 N–H and O–H groups in total. The number of halogens is 1. The van der Waals surface area contributed by atoms with Crippen molar-refractivity contribution in [1.29, 1.82) is 0 Å². The lowest BCUT2D eigenvalue weighted by Crippen LogP contribution is -2.37. The van der Waals surface area contributed by atoms with Crippen LogP contribution in [0.2, 0.25) is 5.02 Å². The van der Waals surface area contributed by atoms with Crippen LogP contribution in [0.25, 0.3) is 10.6 Å². The van der Waals surface area contributed by atoms with Crippen LogP contribution in [0.3, 0.4) is 0 Å². The fraction of sp³-hybridized carbons (Fsp3) is 0.222. The second kappa shape index (κ2) is 6.90. The van der Waals surface area contributed by atoms with Gasteiger partial charge >= 0.3 is 0 Å². The molecule has 5 nitrogen and oxygen atoms in total. The molecule has 2 aromatic heterocycles. The highest BCUT2D eigenvalue weighted by molar-refractivity contribution is 7.13. The van der Waals surface area contributed by atoms with E-state index in [0.717, 1.165) is 31.0 Å². The van der Waals surface area contributed by atoms with Crippen molar-refractivity contribution in [2.75, 3.05) is 18.0 Å². The number of H-pyrrole nitrogens is 1. The van der Waals surface area contributed by atoms with Crippen molar-refractivity contribution in [3.05, 3.63) is 58.4 Å². The van der Waals surface area contributed by atoms with Gasteiger partial charge in [0, 0.05) is 35.8 Å². The number of aromatic amines is 1. The lowest BCUT2D eigenvalue weighted by molar-refractivity contribution is 0.0940. The van der Waals surface area contributed by atoms with Crippen LogP contribution < -0.4 is 10.2 Å². The zero-order valence-electron chi connectivity index (χ0n) is 13.4. The zero-order chi connectivity index (χ0) is 17.2. The second-order valence-electron chi connectivity index (χ2n) is 6.03. The normalized spacial score (nSPS) is 17.0. The molecule has 0 saturated carbocycles. The van der Waals surface area contributed by atoms with Gasteiger partial charge in [-0.2, -0.15) is 5.10 Å². The summed E-state index contributed by atoms with van der Waals surface area (Å²) in [7, 11) is 0. The molecule has 1 aliphatic rings. The second-order valence-corrected chi connectivity index (χ2v) is 7.42. The molecular formula is C18H17ClN4OS. The number of thiophene rings is 1. The van der Waals surface area contributed by atoms with Gasteiger partial charge in [-0.15, -0.1) is 11.3 Å². The topological polar surface area (TPSA) is 61.0 Å². The quantitative estimate of drug-likeness (QED) is 0.732. The Bertz CT molecular complexity index is 877. The number of nitrogens with zero attached hydrogens (tertiary/aromatic N) is 2. The van der Waals surface area contributed by atoms with Crippen molar-refractivity contribution in [3.63, 3.8) is 0 Å². The number of hydrogen-bond acceptors (Lipinski definition) is 4. The molecule has 25 heavy (non-hydrogen) atoms. The minimum Gasteiger partial charge on any atom is -0.353 e. The van der Waals surface area contributed by atoms with E-state index >= 15 is 0 Å². The van der Waals surface area contributed by atoms with Crippen LogP contribution in [0, 0.1) is 0 Å². The van der Waals surface area contributed by atoms with E-state index in [0.29, 0.717) is 10.6 Å². The van der Waals surface area contributed by atoms with E-state index in [2.05, 4.69) is 32.5 Å². The Labute approximate surface area is 154 Å². The van der Waals surface area contributed by atoms with E-state index in [9.17, 15) is 4.79 Å². The van der Waals surface area contributed by atoms with Crippen molar-refractivity contribution in [2.24, 2.45) is 0 Å². The van der Waals surface area contributed by atoms with Crippen LogP contribution in [0.5, 0.6) is 0 Å². The lowest BCUT2D eigenvalue weighted by Gasteiger charge is -2.16. The smallest absolute Gasteiger partial charge is 0.251 e. The first-order valence-corrected chi connectivity index (χ1v) is 9.35. The van der Waals surface area contributed by atoms with Crippen LogP contribution in [-0.4, -0.2) is 35.2 Å². The van der Waals surface area contributed by atoms with Gasteiger partial charge < -0.3 is 10.2 Å². The summed E-state index contributed by atoms with van der Waals surface area (Å²) < 4.78 is 0. The molecule has 1 aliphatic heterocycles. The van der Waals surface area contributed by atoms with E-state index in [1.54, 1.807) is 35.6 Å². The van der Waals surface area contributed by atoms with Crippen molar-refractivity contribution < 1.29 is 4.79 Å². The number of benzene rings is 1. The monoisotopic (exact) mass is 372 g/mol. The number of carbonyl (C=O) groups excluding carboxylic acids is 1. The molecule has 3 heterocycles. The highest BCUT2D eigenvalue weighted by Gasteiger charge is 2.26. The highest BCUT2D eigenvalue weighted by atomic mass is 35.5. The molecule has 128 valence electrons. The third-order valence-electron chi connectivity index (χ3n) is 4.29. The first-order valence-electron chi connectivity index (χ1n) is 8.10. The van der Waals surface area contributed by atoms with Gasteiger partial charge in [0.05, 0.1) is 10.6 Å². The average molecular weight is 373 g/mol. The fourth-order valence-electron chi connectivity index (χ4n) is 3.02. The van der Waals surface area contributed by atoms with Gasteiger partial charge in [-0.3, -0.25) is 9.89 Å². The first-order chi connectivity index (χ1) is 12.2. The molecule has 1 saturated heterocycles. The summed E-state index contributed by atoms with van der Waals surface area (Å²) in [5.74, 6) is 0.832. The van der Waals surface area contributed by atoms with Crippen molar-refractivity contribution in [2.45, 2.75) is 12.5 Å². The number of hydrogen-bond donors (Lipinski definition) is 2. The molecule has 4 rings (SSSR count). The maximum atomic E-state index is 12.3. The zero-order valence-corrected chi connectivity index (χ0v) is 15.0. The summed E-state index contributed by atoms with van der Waals surface area (Å²) in [4.78, 5) is 15.7. The standard InChI is InChI=1S/C18H17ClN4OS/c19-13-4-1-3-12(9-13)18(24)20-14-6-7-23(11-14)17-10-15(21-22-17)16-5-2-8-25-16/h1-5,8-10,14H,6-7,11H2,(H,20,24)(H,21,22). The minimum atomic E-state index is -0.0874. The summed E-state index contributed by atoms with van der Waals surface area (Å²) in [6, 6.07) is 13.3. The van der Waals surface area contributed by atoms with E-state index in [4.69, 9.17) is 11.6 Å². The SMILES string of the molecule is O=C(NC1CCN(c2cc(-c3cccs3)[nH]n2)C1)c1cccc(Cl)c1. The minimum absolute atomic E-state index is 0.0874. The van der Waals surface area contributed by atoms with Crippen LogP contribution in [0.1, 0.15) is 16.8 Å². The van der Waals surface area contributed by atoms with Gasteiger partial charge in [0.15, 0.2) is 5.82 Å². The van der Waals surface area contributed by atoms with E-state index in [-0.39, 0.29) is 11.9 Å². The third kappa shape index (κ3) is 3.55. The number of nitrogens with one attached hydrogen (secondary N) is 2. The molecule has 1 aromatic carbocycles. The Morgan fingerprint density at radius 3 is 3.04 bits per heavy atom. The van der Waals surface area contributed by atoms with Gasteiger partial charge in [0.1, 0.15) is 0 Å². The molecule has 3 aromatic rings. The Kier molecular flexibility index (Phi) is 4.46.